The molecule has 0 amide bonds. The monoisotopic (exact) mass is 396 g/mol. The van der Waals surface area contributed by atoms with Crippen LogP contribution in [-0.2, 0) is 33.1 Å². The summed E-state index contributed by atoms with van der Waals surface area (Å²) in [7, 11) is 3.69. The standard InChI is InChI=1S/C13H13F3N2O.C6H10N2O/c1-18-11(6-8-17-18)7-9-19-12-4-2-10(3-5-12)13(14,15)16;1-8-6(3-5-9)2-4-7-8/h2-6,8H,7,9H2,1H3;2,4,9H,3,5H2,1H3. The molecule has 9 heteroatoms. The summed E-state index contributed by atoms with van der Waals surface area (Å²) in [6.07, 6.45) is 0.444. The molecule has 0 saturated carbocycles. The highest BCUT2D eigenvalue weighted by molar-refractivity contribution is 5.28. The van der Waals surface area contributed by atoms with Crippen molar-refractivity contribution in [3.63, 3.8) is 0 Å². The van der Waals surface area contributed by atoms with Gasteiger partial charge >= 0.3 is 6.18 Å². The molecule has 0 radical (unpaired) electrons. The van der Waals surface area contributed by atoms with Crippen LogP contribution in [0.15, 0.2) is 48.8 Å². The lowest BCUT2D eigenvalue weighted by Gasteiger charge is -2.09. The number of aromatic nitrogens is 4. The molecule has 0 aliphatic carbocycles. The topological polar surface area (TPSA) is 65.1 Å². The SMILES string of the molecule is Cn1nccc1CCO.Cn1nccc1CCOc1ccc(C(F)(F)F)cc1. The maximum absolute atomic E-state index is 12.4. The summed E-state index contributed by atoms with van der Waals surface area (Å²) in [6.45, 7) is 0.588. The van der Waals surface area contributed by atoms with Gasteiger partial charge in [0.05, 0.1) is 12.2 Å². The van der Waals surface area contributed by atoms with Crippen molar-refractivity contribution >= 4 is 0 Å². The normalized spacial score (nSPS) is 11.1. The van der Waals surface area contributed by atoms with E-state index >= 15 is 0 Å². The molecule has 0 spiro atoms. The molecule has 152 valence electrons. The summed E-state index contributed by atoms with van der Waals surface area (Å²) < 4.78 is 45.9. The minimum absolute atomic E-state index is 0.194. The fourth-order valence-corrected chi connectivity index (χ4v) is 2.42. The predicted molar refractivity (Wildman–Crippen MR) is 97.8 cm³/mol. The highest BCUT2D eigenvalue weighted by atomic mass is 19.4. The van der Waals surface area contributed by atoms with Gasteiger partial charge in [0.2, 0.25) is 0 Å². The van der Waals surface area contributed by atoms with E-state index in [1.54, 1.807) is 21.8 Å². The summed E-state index contributed by atoms with van der Waals surface area (Å²) in [5.41, 5.74) is 1.40. The first-order valence-electron chi connectivity index (χ1n) is 8.66. The van der Waals surface area contributed by atoms with E-state index in [4.69, 9.17) is 9.84 Å². The predicted octanol–water partition coefficient (Wildman–Crippen LogP) is 3.02. The van der Waals surface area contributed by atoms with E-state index in [2.05, 4.69) is 10.2 Å². The molecule has 2 aromatic heterocycles. The Morgan fingerprint density at radius 1 is 0.893 bits per heavy atom. The average molecular weight is 396 g/mol. The first kappa shape index (κ1) is 21.5. The number of aliphatic hydroxyl groups is 1. The molecule has 0 bridgehead atoms. The van der Waals surface area contributed by atoms with E-state index in [1.807, 2.05) is 26.2 Å². The zero-order chi connectivity index (χ0) is 20.6. The van der Waals surface area contributed by atoms with E-state index in [-0.39, 0.29) is 6.61 Å². The molecule has 0 aliphatic heterocycles. The van der Waals surface area contributed by atoms with Crippen molar-refractivity contribution in [2.75, 3.05) is 13.2 Å². The number of hydrogen-bond acceptors (Lipinski definition) is 4. The van der Waals surface area contributed by atoms with Crippen molar-refractivity contribution in [1.29, 1.82) is 0 Å². The molecule has 0 atom stereocenters. The zero-order valence-electron chi connectivity index (χ0n) is 15.7. The third-order valence-electron chi connectivity index (χ3n) is 4.02. The Hall–Kier alpha value is -2.81. The van der Waals surface area contributed by atoms with E-state index in [1.165, 1.54) is 12.1 Å². The number of aryl methyl sites for hydroxylation is 2. The second-order valence-corrected chi connectivity index (χ2v) is 5.99. The molecule has 0 fully saturated rings. The summed E-state index contributed by atoms with van der Waals surface area (Å²) >= 11 is 0. The lowest BCUT2D eigenvalue weighted by Crippen LogP contribution is -2.07. The van der Waals surface area contributed by atoms with Crippen molar-refractivity contribution in [2.45, 2.75) is 19.0 Å². The molecule has 3 aromatic rings. The van der Waals surface area contributed by atoms with Crippen molar-refractivity contribution < 1.29 is 23.0 Å². The quantitative estimate of drug-likeness (QED) is 0.696. The van der Waals surface area contributed by atoms with E-state index < -0.39 is 11.7 Å². The molecule has 6 nitrogen and oxygen atoms in total. The Morgan fingerprint density at radius 2 is 1.43 bits per heavy atom. The molecular weight excluding hydrogens is 373 g/mol. The number of hydrogen-bond donors (Lipinski definition) is 1. The third-order valence-corrected chi connectivity index (χ3v) is 4.02. The number of halogens is 3. The summed E-state index contributed by atoms with van der Waals surface area (Å²) in [5, 5.41) is 16.5. The number of aliphatic hydroxyl groups excluding tert-OH is 1. The molecule has 3 rings (SSSR count). The Bertz CT molecular complexity index is 841. The summed E-state index contributed by atoms with van der Waals surface area (Å²) in [6, 6.07) is 8.45. The summed E-state index contributed by atoms with van der Waals surface area (Å²) in [5.74, 6) is 0.426. The maximum Gasteiger partial charge on any atom is 0.416 e. The number of nitrogens with zero attached hydrogens (tertiary/aromatic N) is 4. The number of benzene rings is 1. The Morgan fingerprint density at radius 3 is 1.86 bits per heavy atom. The molecule has 1 N–H and O–H groups in total. The first-order chi connectivity index (χ1) is 13.3. The highest BCUT2D eigenvalue weighted by Crippen LogP contribution is 2.30. The third kappa shape index (κ3) is 6.41. The molecule has 0 saturated heterocycles. The Kier molecular flexibility index (Phi) is 7.62. The average Bonchev–Trinajstić information content (AvgIpc) is 3.24. The fraction of sp³-hybridized carbons (Fsp3) is 0.368. The van der Waals surface area contributed by atoms with Gasteiger partial charge in [0, 0.05) is 57.3 Å². The lowest BCUT2D eigenvalue weighted by atomic mass is 10.2. The fourth-order valence-electron chi connectivity index (χ4n) is 2.42. The molecule has 28 heavy (non-hydrogen) atoms. The minimum Gasteiger partial charge on any atom is -0.493 e. The number of rotatable bonds is 6. The summed E-state index contributed by atoms with van der Waals surface area (Å²) in [4.78, 5) is 0. The largest absolute Gasteiger partial charge is 0.493 e. The second-order valence-electron chi connectivity index (χ2n) is 5.99. The van der Waals surface area contributed by atoms with Crippen LogP contribution in [0.3, 0.4) is 0 Å². The van der Waals surface area contributed by atoms with E-state index in [9.17, 15) is 13.2 Å². The number of alkyl halides is 3. The van der Waals surface area contributed by atoms with Gasteiger partial charge < -0.3 is 9.84 Å². The second kappa shape index (κ2) is 9.93. The molecule has 2 heterocycles. The van der Waals surface area contributed by atoms with Gasteiger partial charge in [0.25, 0.3) is 0 Å². The number of ether oxygens (including phenoxy) is 1. The molecule has 0 unspecified atom stereocenters. The first-order valence-corrected chi connectivity index (χ1v) is 8.66. The van der Waals surface area contributed by atoms with Crippen LogP contribution in [0.1, 0.15) is 17.0 Å². The van der Waals surface area contributed by atoms with Crippen LogP contribution in [0.2, 0.25) is 0 Å². The molecular formula is C19H23F3N4O2. The highest BCUT2D eigenvalue weighted by Gasteiger charge is 2.29. The molecule has 0 aliphatic rings. The van der Waals surface area contributed by atoms with Crippen LogP contribution in [0.5, 0.6) is 5.75 Å². The van der Waals surface area contributed by atoms with Gasteiger partial charge in [-0.25, -0.2) is 0 Å². The van der Waals surface area contributed by atoms with Gasteiger partial charge in [-0.05, 0) is 36.4 Å². The van der Waals surface area contributed by atoms with Crippen molar-refractivity contribution in [3.05, 3.63) is 65.7 Å². The Labute approximate surface area is 161 Å². The van der Waals surface area contributed by atoms with Gasteiger partial charge in [-0.15, -0.1) is 0 Å². The van der Waals surface area contributed by atoms with Crippen molar-refractivity contribution in [3.8, 4) is 5.75 Å². The van der Waals surface area contributed by atoms with Crippen molar-refractivity contribution in [1.82, 2.24) is 19.6 Å². The lowest BCUT2D eigenvalue weighted by molar-refractivity contribution is -0.137. The van der Waals surface area contributed by atoms with Crippen LogP contribution in [0, 0.1) is 0 Å². The van der Waals surface area contributed by atoms with E-state index in [0.29, 0.717) is 25.2 Å². The van der Waals surface area contributed by atoms with Gasteiger partial charge in [-0.2, -0.15) is 23.4 Å². The minimum atomic E-state index is -4.31. The Balaban J connectivity index is 0.000000261. The van der Waals surface area contributed by atoms with Crippen LogP contribution in [0.25, 0.3) is 0 Å². The van der Waals surface area contributed by atoms with Gasteiger partial charge in [0.1, 0.15) is 5.75 Å². The van der Waals surface area contributed by atoms with Gasteiger partial charge in [0.15, 0.2) is 0 Å². The van der Waals surface area contributed by atoms with Crippen LogP contribution >= 0.6 is 0 Å². The van der Waals surface area contributed by atoms with Crippen LogP contribution < -0.4 is 4.74 Å². The van der Waals surface area contributed by atoms with E-state index in [0.717, 1.165) is 23.5 Å². The zero-order valence-corrected chi connectivity index (χ0v) is 15.7. The van der Waals surface area contributed by atoms with Gasteiger partial charge in [-0.1, -0.05) is 0 Å². The van der Waals surface area contributed by atoms with Crippen LogP contribution in [0.4, 0.5) is 13.2 Å². The smallest absolute Gasteiger partial charge is 0.416 e. The maximum atomic E-state index is 12.4. The van der Waals surface area contributed by atoms with Crippen molar-refractivity contribution in [2.24, 2.45) is 14.1 Å². The van der Waals surface area contributed by atoms with Gasteiger partial charge in [-0.3, -0.25) is 9.36 Å². The van der Waals surface area contributed by atoms with Crippen LogP contribution in [-0.4, -0.2) is 37.9 Å². The molecule has 1 aromatic carbocycles.